The number of anilines is 2. The van der Waals surface area contributed by atoms with E-state index in [9.17, 15) is 0 Å². The van der Waals surface area contributed by atoms with Crippen LogP contribution >= 0.6 is 0 Å². The molecule has 2 aromatic rings. The van der Waals surface area contributed by atoms with E-state index in [2.05, 4.69) is 35.8 Å². The number of ether oxygens (including phenoxy) is 1. The van der Waals surface area contributed by atoms with Crippen LogP contribution < -0.4 is 16.6 Å². The lowest BCUT2D eigenvalue weighted by Crippen LogP contribution is -2.21. The van der Waals surface area contributed by atoms with Gasteiger partial charge in [0.2, 0.25) is 11.9 Å². The summed E-state index contributed by atoms with van der Waals surface area (Å²) in [6, 6.07) is 0. The number of hydrogen-bond donors (Lipinski definition) is 3. The second kappa shape index (κ2) is 6.02. The topological polar surface area (TPSA) is 129 Å². The average molecular weight is 265 g/mol. The van der Waals surface area contributed by atoms with Crippen LogP contribution in [0.4, 0.5) is 11.9 Å². The van der Waals surface area contributed by atoms with Gasteiger partial charge in [0.15, 0.2) is 0 Å². The molecule has 0 aromatic carbocycles. The number of rotatable bonds is 6. The van der Waals surface area contributed by atoms with Crippen LogP contribution in [0.3, 0.4) is 0 Å². The molecule has 2 heterocycles. The summed E-state index contributed by atoms with van der Waals surface area (Å²) in [5, 5.41) is 6.97. The highest BCUT2D eigenvalue weighted by molar-refractivity contribution is 5.36. The number of nitrogens with one attached hydrogen (secondary N) is 2. The van der Waals surface area contributed by atoms with Gasteiger partial charge in [-0.1, -0.05) is 0 Å². The molecule has 0 aliphatic carbocycles. The van der Waals surface area contributed by atoms with Crippen molar-refractivity contribution in [1.82, 2.24) is 29.7 Å². The number of aromatic nitrogens is 6. The average Bonchev–Trinajstić information content (AvgIpc) is 2.98. The van der Waals surface area contributed by atoms with Crippen molar-refractivity contribution in [3.63, 3.8) is 0 Å². The van der Waals surface area contributed by atoms with E-state index < -0.39 is 0 Å². The van der Waals surface area contributed by atoms with Gasteiger partial charge in [-0.3, -0.25) is 5.43 Å². The van der Waals surface area contributed by atoms with Crippen LogP contribution in [0.15, 0.2) is 12.7 Å². The molecule has 1 unspecified atom stereocenters. The molecule has 0 aliphatic rings. The Kier molecular flexibility index (Phi) is 4.15. The van der Waals surface area contributed by atoms with Crippen molar-refractivity contribution >= 4 is 11.9 Å². The molecule has 2 aromatic heterocycles. The Morgan fingerprint density at radius 3 is 2.79 bits per heavy atom. The van der Waals surface area contributed by atoms with Crippen LogP contribution in [-0.2, 0) is 4.74 Å². The molecule has 0 saturated carbocycles. The van der Waals surface area contributed by atoms with Crippen molar-refractivity contribution < 1.29 is 4.74 Å². The van der Waals surface area contributed by atoms with E-state index in [0.29, 0.717) is 18.4 Å². The summed E-state index contributed by atoms with van der Waals surface area (Å²) >= 11 is 0. The van der Waals surface area contributed by atoms with Gasteiger partial charge in [-0.05, 0) is 6.92 Å². The summed E-state index contributed by atoms with van der Waals surface area (Å²) in [5.74, 6) is 6.24. The van der Waals surface area contributed by atoms with E-state index in [1.165, 1.54) is 17.3 Å². The van der Waals surface area contributed by atoms with Gasteiger partial charge in [0, 0.05) is 13.7 Å². The van der Waals surface area contributed by atoms with Gasteiger partial charge in [0.25, 0.3) is 5.95 Å². The smallest absolute Gasteiger partial charge is 0.258 e. The predicted octanol–water partition coefficient (Wildman–Crippen LogP) is -0.815. The Morgan fingerprint density at radius 2 is 2.16 bits per heavy atom. The molecule has 0 fully saturated rings. The number of methoxy groups -OCH3 is 1. The first-order valence-corrected chi connectivity index (χ1v) is 5.57. The van der Waals surface area contributed by atoms with Gasteiger partial charge >= 0.3 is 0 Å². The predicted molar refractivity (Wildman–Crippen MR) is 67.5 cm³/mol. The second-order valence-electron chi connectivity index (χ2n) is 3.69. The molecule has 10 heteroatoms. The first-order chi connectivity index (χ1) is 9.22. The molecule has 0 saturated heterocycles. The zero-order valence-corrected chi connectivity index (χ0v) is 10.6. The van der Waals surface area contributed by atoms with E-state index in [1.807, 2.05) is 6.92 Å². The maximum absolute atomic E-state index is 5.32. The van der Waals surface area contributed by atoms with Crippen molar-refractivity contribution in [2.45, 2.75) is 13.0 Å². The number of hydrazine groups is 1. The second-order valence-corrected chi connectivity index (χ2v) is 3.69. The van der Waals surface area contributed by atoms with Gasteiger partial charge in [-0.2, -0.15) is 24.7 Å². The van der Waals surface area contributed by atoms with E-state index >= 15 is 0 Å². The van der Waals surface area contributed by atoms with Crippen LogP contribution in [0.1, 0.15) is 6.92 Å². The minimum absolute atomic E-state index is 0.0286. The van der Waals surface area contributed by atoms with Crippen LogP contribution in [0.5, 0.6) is 0 Å². The van der Waals surface area contributed by atoms with E-state index in [0.717, 1.165) is 0 Å². The monoisotopic (exact) mass is 265 g/mol. The Hall–Kier alpha value is -2.33. The highest BCUT2D eigenvalue weighted by Crippen LogP contribution is 2.07. The summed E-state index contributed by atoms with van der Waals surface area (Å²) < 4.78 is 6.54. The molecule has 1 atom stereocenters. The van der Waals surface area contributed by atoms with E-state index in [-0.39, 0.29) is 12.1 Å². The quantitative estimate of drug-likeness (QED) is 0.453. The number of nitrogens with zero attached hydrogens (tertiary/aromatic N) is 6. The maximum Gasteiger partial charge on any atom is 0.258 e. The van der Waals surface area contributed by atoms with Crippen molar-refractivity contribution in [2.75, 3.05) is 24.4 Å². The van der Waals surface area contributed by atoms with Gasteiger partial charge < -0.3 is 10.1 Å². The first-order valence-electron chi connectivity index (χ1n) is 5.57. The molecule has 4 N–H and O–H groups in total. The Morgan fingerprint density at radius 1 is 1.37 bits per heavy atom. The molecule has 0 spiro atoms. The molecule has 102 valence electrons. The number of nitrogens with two attached hydrogens (primary N) is 1. The van der Waals surface area contributed by atoms with Crippen LogP contribution in [-0.4, -0.2) is 49.5 Å². The highest BCUT2D eigenvalue weighted by Gasteiger charge is 2.09. The van der Waals surface area contributed by atoms with Crippen LogP contribution in [0.25, 0.3) is 5.95 Å². The standard InChI is InChI=1S/C9H15N9O/c1-6(19-2)3-12-7-14-8(17-10)16-9(15-7)18-5-11-4-13-18/h4-6H,3,10H2,1-2H3,(H2,12,14,15,16,17). The van der Waals surface area contributed by atoms with Gasteiger partial charge in [0.05, 0.1) is 6.10 Å². The molecule has 10 nitrogen and oxygen atoms in total. The minimum atomic E-state index is 0.0286. The maximum atomic E-state index is 5.32. The third kappa shape index (κ3) is 3.33. The minimum Gasteiger partial charge on any atom is -0.380 e. The molecule has 0 bridgehead atoms. The summed E-state index contributed by atoms with van der Waals surface area (Å²) in [6.07, 6.45) is 2.90. The Labute approximate surface area is 109 Å². The summed E-state index contributed by atoms with van der Waals surface area (Å²) in [7, 11) is 1.63. The van der Waals surface area contributed by atoms with Gasteiger partial charge in [-0.25, -0.2) is 10.8 Å². The SMILES string of the molecule is COC(C)CNc1nc(NN)nc(-n2cncn2)n1. The molecular formula is C9H15N9O. The summed E-state index contributed by atoms with van der Waals surface area (Å²) in [5.41, 5.74) is 2.38. The van der Waals surface area contributed by atoms with Crippen molar-refractivity contribution in [2.24, 2.45) is 5.84 Å². The zero-order chi connectivity index (χ0) is 13.7. The Bertz CT molecular complexity index is 514. The lowest BCUT2D eigenvalue weighted by Gasteiger charge is -2.11. The summed E-state index contributed by atoms with van der Waals surface area (Å²) in [6.45, 7) is 2.48. The molecule has 0 radical (unpaired) electrons. The molecule has 2 rings (SSSR count). The fourth-order valence-electron chi connectivity index (χ4n) is 1.24. The Balaban J connectivity index is 2.21. The lowest BCUT2D eigenvalue weighted by molar-refractivity contribution is 0.128. The van der Waals surface area contributed by atoms with Crippen molar-refractivity contribution in [1.29, 1.82) is 0 Å². The normalized spacial score (nSPS) is 12.2. The first kappa shape index (κ1) is 13.1. The third-order valence-corrected chi connectivity index (χ3v) is 2.33. The van der Waals surface area contributed by atoms with E-state index in [4.69, 9.17) is 10.6 Å². The molecule has 0 aliphatic heterocycles. The van der Waals surface area contributed by atoms with Crippen molar-refractivity contribution in [3.8, 4) is 5.95 Å². The number of hydrogen-bond acceptors (Lipinski definition) is 9. The summed E-state index contributed by atoms with van der Waals surface area (Å²) in [4.78, 5) is 16.2. The fraction of sp³-hybridized carbons (Fsp3) is 0.444. The van der Waals surface area contributed by atoms with E-state index in [1.54, 1.807) is 7.11 Å². The zero-order valence-electron chi connectivity index (χ0n) is 10.6. The molecular weight excluding hydrogens is 250 g/mol. The highest BCUT2D eigenvalue weighted by atomic mass is 16.5. The largest absolute Gasteiger partial charge is 0.380 e. The van der Waals surface area contributed by atoms with Crippen LogP contribution in [0, 0.1) is 0 Å². The van der Waals surface area contributed by atoms with Gasteiger partial charge in [-0.15, -0.1) is 0 Å². The molecule has 0 amide bonds. The molecule has 19 heavy (non-hydrogen) atoms. The van der Waals surface area contributed by atoms with Crippen molar-refractivity contribution in [3.05, 3.63) is 12.7 Å². The lowest BCUT2D eigenvalue weighted by atomic mass is 10.4. The van der Waals surface area contributed by atoms with Crippen LogP contribution in [0.2, 0.25) is 0 Å². The third-order valence-electron chi connectivity index (χ3n) is 2.33. The van der Waals surface area contributed by atoms with Gasteiger partial charge in [0.1, 0.15) is 12.7 Å². The number of nitrogen functional groups attached to an aromatic ring is 1. The fourth-order valence-corrected chi connectivity index (χ4v) is 1.24.